The smallest absolute Gasteiger partial charge is 0.256 e. The first-order chi connectivity index (χ1) is 12.7. The van der Waals surface area contributed by atoms with Crippen molar-refractivity contribution in [2.45, 2.75) is 31.7 Å². The van der Waals surface area contributed by atoms with Crippen LogP contribution in [0.2, 0.25) is 0 Å². The Morgan fingerprint density at radius 1 is 1.15 bits per heavy atom. The molecule has 140 valence electrons. The molecule has 1 amide bonds. The highest BCUT2D eigenvalue weighted by molar-refractivity contribution is 6.07. The molecule has 0 aliphatic carbocycles. The van der Waals surface area contributed by atoms with Gasteiger partial charge >= 0.3 is 0 Å². The maximum atomic E-state index is 13.4. The maximum absolute atomic E-state index is 13.4. The lowest BCUT2D eigenvalue weighted by Gasteiger charge is -2.37. The molecule has 5 heteroatoms. The Kier molecular flexibility index (Phi) is 5.27. The maximum Gasteiger partial charge on any atom is 0.256 e. The van der Waals surface area contributed by atoms with Gasteiger partial charge in [-0.05, 0) is 31.7 Å². The zero-order valence-corrected chi connectivity index (χ0v) is 15.7. The molecule has 1 aromatic carbocycles. The predicted octanol–water partition coefficient (Wildman–Crippen LogP) is 2.90. The topological polar surface area (TPSA) is 37.7 Å². The van der Waals surface area contributed by atoms with Crippen molar-refractivity contribution in [3.8, 4) is 0 Å². The van der Waals surface area contributed by atoms with E-state index in [0.29, 0.717) is 6.04 Å². The van der Waals surface area contributed by atoms with Crippen LogP contribution in [0.15, 0.2) is 30.5 Å². The van der Waals surface area contributed by atoms with Crippen LogP contribution in [-0.4, -0.2) is 65.7 Å². The second kappa shape index (κ2) is 7.80. The average Bonchev–Trinajstić information content (AvgIpc) is 3.04. The van der Waals surface area contributed by atoms with Gasteiger partial charge in [0.2, 0.25) is 0 Å². The van der Waals surface area contributed by atoms with Crippen LogP contribution in [0.5, 0.6) is 0 Å². The Balaban J connectivity index is 1.50. The Labute approximate surface area is 155 Å². The van der Waals surface area contributed by atoms with Crippen LogP contribution >= 0.6 is 0 Å². The van der Waals surface area contributed by atoms with Crippen molar-refractivity contribution in [1.29, 1.82) is 0 Å². The number of ether oxygens (including phenoxy) is 1. The number of carbonyl (C=O) groups excluding carboxylic acids is 1. The number of hydrogen-bond donors (Lipinski definition) is 0. The summed E-state index contributed by atoms with van der Waals surface area (Å²) in [7, 11) is 2.02. The van der Waals surface area contributed by atoms with E-state index in [9.17, 15) is 4.79 Å². The van der Waals surface area contributed by atoms with Gasteiger partial charge in [-0.2, -0.15) is 0 Å². The van der Waals surface area contributed by atoms with E-state index in [1.54, 1.807) is 0 Å². The molecule has 2 saturated heterocycles. The first-order valence-corrected chi connectivity index (χ1v) is 9.89. The summed E-state index contributed by atoms with van der Waals surface area (Å²) in [5.74, 6) is 0.202. The van der Waals surface area contributed by atoms with E-state index in [-0.39, 0.29) is 5.91 Å². The van der Waals surface area contributed by atoms with Crippen LogP contribution < -0.4 is 0 Å². The lowest BCUT2D eigenvalue weighted by atomic mass is 9.97. The summed E-state index contributed by atoms with van der Waals surface area (Å²) < 4.78 is 7.51. The normalized spacial score (nSPS) is 22.0. The zero-order chi connectivity index (χ0) is 17.9. The van der Waals surface area contributed by atoms with Gasteiger partial charge in [-0.15, -0.1) is 0 Å². The predicted molar refractivity (Wildman–Crippen MR) is 103 cm³/mol. The molecule has 2 fully saturated rings. The zero-order valence-electron chi connectivity index (χ0n) is 15.7. The van der Waals surface area contributed by atoms with Gasteiger partial charge in [0.15, 0.2) is 0 Å². The number of piperidine rings is 1. The Bertz CT molecular complexity index is 764. The Hall–Kier alpha value is -1.85. The molecular weight excluding hydrogens is 326 g/mol. The number of nitrogens with zero attached hydrogens (tertiary/aromatic N) is 3. The summed E-state index contributed by atoms with van der Waals surface area (Å²) >= 11 is 0. The molecule has 2 aliphatic heterocycles. The highest BCUT2D eigenvalue weighted by Crippen LogP contribution is 2.27. The minimum absolute atomic E-state index is 0.202. The van der Waals surface area contributed by atoms with E-state index in [2.05, 4.69) is 26.5 Å². The summed E-state index contributed by atoms with van der Waals surface area (Å²) in [5.41, 5.74) is 1.97. The number of amides is 1. The number of para-hydroxylation sites is 1. The van der Waals surface area contributed by atoms with Crippen LogP contribution in [0.1, 0.15) is 36.0 Å². The average molecular weight is 355 g/mol. The quantitative estimate of drug-likeness (QED) is 0.846. The fraction of sp³-hybridized carbons (Fsp3) is 0.571. The number of benzene rings is 1. The van der Waals surface area contributed by atoms with E-state index in [1.165, 1.54) is 6.42 Å². The molecule has 2 aromatic rings. The highest BCUT2D eigenvalue weighted by Gasteiger charge is 2.29. The molecule has 5 nitrogen and oxygen atoms in total. The first kappa shape index (κ1) is 17.6. The van der Waals surface area contributed by atoms with Gasteiger partial charge in [-0.25, -0.2) is 0 Å². The summed E-state index contributed by atoms with van der Waals surface area (Å²) in [6, 6.07) is 8.56. The molecule has 26 heavy (non-hydrogen) atoms. The van der Waals surface area contributed by atoms with E-state index in [4.69, 9.17) is 4.74 Å². The molecular formula is C21H29N3O2. The third-order valence-corrected chi connectivity index (χ3v) is 5.90. The summed E-state index contributed by atoms with van der Waals surface area (Å²) in [4.78, 5) is 18.0. The minimum Gasteiger partial charge on any atom is -0.379 e. The van der Waals surface area contributed by atoms with Gasteiger partial charge in [0.25, 0.3) is 5.91 Å². The van der Waals surface area contributed by atoms with Gasteiger partial charge in [0.1, 0.15) is 0 Å². The molecule has 0 radical (unpaired) electrons. The van der Waals surface area contributed by atoms with Gasteiger partial charge in [-0.1, -0.05) is 18.2 Å². The van der Waals surface area contributed by atoms with Crippen molar-refractivity contribution in [2.24, 2.45) is 7.05 Å². The van der Waals surface area contributed by atoms with Crippen LogP contribution in [0, 0.1) is 0 Å². The summed E-state index contributed by atoms with van der Waals surface area (Å²) in [6.07, 6.45) is 6.54. The molecule has 4 rings (SSSR count). The van der Waals surface area contributed by atoms with Crippen molar-refractivity contribution in [3.05, 3.63) is 36.0 Å². The van der Waals surface area contributed by atoms with Gasteiger partial charge in [0.05, 0.1) is 18.8 Å². The first-order valence-electron chi connectivity index (χ1n) is 9.89. The number of carbonyl (C=O) groups is 1. The second-order valence-electron chi connectivity index (χ2n) is 7.56. The van der Waals surface area contributed by atoms with E-state index in [1.807, 2.05) is 25.4 Å². The highest BCUT2D eigenvalue weighted by atomic mass is 16.5. The Morgan fingerprint density at radius 3 is 2.81 bits per heavy atom. The van der Waals surface area contributed by atoms with Crippen LogP contribution in [-0.2, 0) is 11.8 Å². The van der Waals surface area contributed by atoms with E-state index < -0.39 is 0 Å². The lowest BCUT2D eigenvalue weighted by molar-refractivity contribution is 0.0296. The van der Waals surface area contributed by atoms with Gasteiger partial charge in [-0.3, -0.25) is 9.69 Å². The van der Waals surface area contributed by atoms with Crippen molar-refractivity contribution in [2.75, 3.05) is 39.4 Å². The van der Waals surface area contributed by atoms with Crippen molar-refractivity contribution in [3.63, 3.8) is 0 Å². The number of fused-ring (bicyclic) bond motifs is 1. The van der Waals surface area contributed by atoms with E-state index >= 15 is 0 Å². The van der Waals surface area contributed by atoms with Crippen LogP contribution in [0.4, 0.5) is 0 Å². The van der Waals surface area contributed by atoms with Crippen molar-refractivity contribution < 1.29 is 9.53 Å². The SMILES string of the molecule is Cn1cc(C(=O)N2CCCC[C@@H]2CCN2CCOCC2)c2ccccc21. The van der Waals surface area contributed by atoms with Gasteiger partial charge in [0, 0.05) is 56.4 Å². The molecule has 0 spiro atoms. The third kappa shape index (κ3) is 3.51. The number of hydrogen-bond acceptors (Lipinski definition) is 3. The number of rotatable bonds is 4. The molecule has 3 heterocycles. The molecule has 0 unspecified atom stereocenters. The molecule has 0 bridgehead atoms. The summed E-state index contributed by atoms with van der Waals surface area (Å²) in [5, 5.41) is 1.07. The second-order valence-corrected chi connectivity index (χ2v) is 7.56. The number of aromatic nitrogens is 1. The molecule has 1 aromatic heterocycles. The molecule has 2 aliphatic rings. The largest absolute Gasteiger partial charge is 0.379 e. The fourth-order valence-corrected chi connectivity index (χ4v) is 4.39. The minimum atomic E-state index is 0.202. The van der Waals surface area contributed by atoms with Crippen LogP contribution in [0.3, 0.4) is 0 Å². The monoisotopic (exact) mass is 355 g/mol. The molecule has 0 N–H and O–H groups in total. The van der Waals surface area contributed by atoms with E-state index in [0.717, 1.165) is 75.1 Å². The van der Waals surface area contributed by atoms with Gasteiger partial charge < -0.3 is 14.2 Å². The lowest BCUT2D eigenvalue weighted by Crippen LogP contribution is -2.46. The summed E-state index contributed by atoms with van der Waals surface area (Å²) in [6.45, 7) is 5.66. The number of aryl methyl sites for hydroxylation is 1. The van der Waals surface area contributed by atoms with Crippen LogP contribution in [0.25, 0.3) is 10.9 Å². The Morgan fingerprint density at radius 2 is 1.96 bits per heavy atom. The molecule has 0 saturated carbocycles. The third-order valence-electron chi connectivity index (χ3n) is 5.90. The number of morpholine rings is 1. The number of likely N-dealkylation sites (tertiary alicyclic amines) is 1. The fourth-order valence-electron chi connectivity index (χ4n) is 4.39. The van der Waals surface area contributed by atoms with Crippen molar-refractivity contribution >= 4 is 16.8 Å². The molecule has 1 atom stereocenters. The standard InChI is InChI=1S/C21H29N3O2/c1-22-16-19(18-7-2-3-8-20(18)22)21(25)24-10-5-4-6-17(24)9-11-23-12-14-26-15-13-23/h2-3,7-8,16-17H,4-6,9-15H2,1H3/t17-/m1/s1. The van der Waals surface area contributed by atoms with Crippen molar-refractivity contribution in [1.82, 2.24) is 14.4 Å².